The Kier molecular flexibility index (Phi) is 4.76. The molecular weight excluding hydrogens is 346 g/mol. The van der Waals surface area contributed by atoms with Crippen molar-refractivity contribution in [3.8, 4) is 5.75 Å². The molecule has 0 bridgehead atoms. The number of amides is 1. The van der Waals surface area contributed by atoms with Crippen LogP contribution in [0, 0.1) is 0 Å². The van der Waals surface area contributed by atoms with Crippen LogP contribution in [-0.2, 0) is 4.74 Å². The van der Waals surface area contributed by atoms with E-state index in [2.05, 4.69) is 15.4 Å². The molecule has 0 aliphatic carbocycles. The first-order chi connectivity index (χ1) is 13.2. The second-order valence-corrected chi connectivity index (χ2v) is 6.19. The molecule has 0 spiro atoms. The molecule has 138 valence electrons. The van der Waals surface area contributed by atoms with Crippen molar-refractivity contribution in [1.82, 2.24) is 5.43 Å². The first kappa shape index (κ1) is 17.1. The van der Waals surface area contributed by atoms with E-state index in [0.29, 0.717) is 19.0 Å². The summed E-state index contributed by atoms with van der Waals surface area (Å²) in [4.78, 5) is 14.4. The summed E-state index contributed by atoms with van der Waals surface area (Å²) in [6.45, 7) is 2.91. The SMILES string of the molecule is O=C(N/N=C\c1ccc(N2CCOCC2)o1)c1cc2ccccc2cc1O. The second kappa shape index (κ2) is 7.51. The highest BCUT2D eigenvalue weighted by Crippen LogP contribution is 2.25. The van der Waals surface area contributed by atoms with Crippen LogP contribution in [0.1, 0.15) is 16.1 Å². The van der Waals surface area contributed by atoms with Crippen LogP contribution in [0.3, 0.4) is 0 Å². The third kappa shape index (κ3) is 3.78. The maximum Gasteiger partial charge on any atom is 0.275 e. The smallest absolute Gasteiger partial charge is 0.275 e. The van der Waals surface area contributed by atoms with Crippen LogP contribution < -0.4 is 10.3 Å². The number of rotatable bonds is 4. The Balaban J connectivity index is 1.43. The number of furan rings is 1. The van der Waals surface area contributed by atoms with Gasteiger partial charge >= 0.3 is 0 Å². The standard InChI is InChI=1S/C20H19N3O4/c24-18-12-15-4-2-1-3-14(15)11-17(18)20(25)22-21-13-16-5-6-19(27-16)23-7-9-26-10-8-23/h1-6,11-13,24H,7-10H2,(H,22,25)/b21-13-. The van der Waals surface area contributed by atoms with Crippen LogP contribution in [0.2, 0.25) is 0 Å². The molecule has 1 aromatic heterocycles. The van der Waals surface area contributed by atoms with Gasteiger partial charge in [0.05, 0.1) is 25.0 Å². The molecular formula is C20H19N3O4. The summed E-state index contributed by atoms with van der Waals surface area (Å²) in [5.41, 5.74) is 2.58. The minimum atomic E-state index is -0.491. The highest BCUT2D eigenvalue weighted by atomic mass is 16.5. The molecule has 1 amide bonds. The number of ether oxygens (including phenoxy) is 1. The molecule has 1 saturated heterocycles. The molecule has 7 nitrogen and oxygen atoms in total. The van der Waals surface area contributed by atoms with Crippen molar-refractivity contribution in [3.05, 3.63) is 59.9 Å². The van der Waals surface area contributed by atoms with Crippen LogP contribution >= 0.6 is 0 Å². The first-order valence-corrected chi connectivity index (χ1v) is 8.68. The van der Waals surface area contributed by atoms with Crippen molar-refractivity contribution in [2.24, 2.45) is 5.10 Å². The minimum Gasteiger partial charge on any atom is -0.507 e. The number of hydrogen-bond acceptors (Lipinski definition) is 6. The predicted molar refractivity (Wildman–Crippen MR) is 102 cm³/mol. The Morgan fingerprint density at radius 3 is 2.63 bits per heavy atom. The summed E-state index contributed by atoms with van der Waals surface area (Å²) in [6.07, 6.45) is 1.43. The van der Waals surface area contributed by atoms with Crippen LogP contribution in [0.4, 0.5) is 5.88 Å². The Hall–Kier alpha value is -3.32. The quantitative estimate of drug-likeness (QED) is 0.548. The summed E-state index contributed by atoms with van der Waals surface area (Å²) in [6, 6.07) is 14.4. The number of hydrazone groups is 1. The lowest BCUT2D eigenvalue weighted by molar-refractivity contribution is 0.0952. The molecule has 0 atom stereocenters. The van der Waals surface area contributed by atoms with Crippen LogP contribution in [-0.4, -0.2) is 43.5 Å². The highest BCUT2D eigenvalue weighted by molar-refractivity contribution is 6.01. The van der Waals surface area contributed by atoms with Crippen molar-refractivity contribution < 1.29 is 19.1 Å². The van der Waals surface area contributed by atoms with Gasteiger partial charge in [-0.3, -0.25) is 4.79 Å². The van der Waals surface area contributed by atoms with E-state index in [9.17, 15) is 9.90 Å². The monoisotopic (exact) mass is 365 g/mol. The molecule has 1 aliphatic rings. The second-order valence-electron chi connectivity index (χ2n) is 6.19. The lowest BCUT2D eigenvalue weighted by Gasteiger charge is -2.26. The number of anilines is 1. The van der Waals surface area contributed by atoms with Gasteiger partial charge < -0.3 is 19.2 Å². The number of morpholine rings is 1. The maximum atomic E-state index is 12.3. The van der Waals surface area contributed by atoms with Gasteiger partial charge in [-0.1, -0.05) is 24.3 Å². The van der Waals surface area contributed by atoms with Gasteiger partial charge in [0, 0.05) is 19.2 Å². The third-order valence-corrected chi connectivity index (χ3v) is 4.40. The molecule has 0 saturated carbocycles. The summed E-state index contributed by atoms with van der Waals surface area (Å²) in [5, 5.41) is 15.7. The third-order valence-electron chi connectivity index (χ3n) is 4.40. The number of hydrogen-bond donors (Lipinski definition) is 2. The first-order valence-electron chi connectivity index (χ1n) is 8.68. The average molecular weight is 365 g/mol. The van der Waals surface area contributed by atoms with E-state index in [0.717, 1.165) is 29.7 Å². The van der Waals surface area contributed by atoms with E-state index in [-0.39, 0.29) is 11.3 Å². The van der Waals surface area contributed by atoms with Crippen LogP contribution in [0.5, 0.6) is 5.75 Å². The van der Waals surface area contributed by atoms with Gasteiger partial charge in [-0.15, -0.1) is 0 Å². The molecule has 3 aromatic rings. The van der Waals surface area contributed by atoms with Crippen LogP contribution in [0.25, 0.3) is 10.8 Å². The molecule has 2 heterocycles. The summed E-state index contributed by atoms with van der Waals surface area (Å²) in [5.74, 6) is 0.696. The Morgan fingerprint density at radius 2 is 1.85 bits per heavy atom. The van der Waals surface area contributed by atoms with Gasteiger partial charge in [0.15, 0.2) is 5.88 Å². The minimum absolute atomic E-state index is 0.0889. The zero-order valence-corrected chi connectivity index (χ0v) is 14.6. The maximum absolute atomic E-state index is 12.3. The topological polar surface area (TPSA) is 87.3 Å². The fraction of sp³-hybridized carbons (Fsp3) is 0.200. The van der Waals surface area contributed by atoms with E-state index in [4.69, 9.17) is 9.15 Å². The number of aromatic hydroxyl groups is 1. The summed E-state index contributed by atoms with van der Waals surface area (Å²) >= 11 is 0. The Labute approximate surface area is 155 Å². The Morgan fingerprint density at radius 1 is 1.11 bits per heavy atom. The molecule has 1 fully saturated rings. The van der Waals surface area contributed by atoms with Crippen molar-refractivity contribution in [2.75, 3.05) is 31.2 Å². The van der Waals surface area contributed by atoms with Gasteiger partial charge in [0.25, 0.3) is 5.91 Å². The van der Waals surface area contributed by atoms with Crippen molar-refractivity contribution >= 4 is 28.8 Å². The lowest BCUT2D eigenvalue weighted by Crippen LogP contribution is -2.35. The number of carbonyl (C=O) groups excluding carboxylic acids is 1. The number of nitrogens with one attached hydrogen (secondary N) is 1. The van der Waals surface area contributed by atoms with Gasteiger partial charge in [-0.2, -0.15) is 5.10 Å². The van der Waals surface area contributed by atoms with E-state index in [1.54, 1.807) is 18.2 Å². The summed E-state index contributed by atoms with van der Waals surface area (Å²) < 4.78 is 11.0. The number of benzene rings is 2. The van der Waals surface area contributed by atoms with E-state index in [1.807, 2.05) is 30.3 Å². The molecule has 27 heavy (non-hydrogen) atoms. The van der Waals surface area contributed by atoms with Crippen molar-refractivity contribution in [1.29, 1.82) is 0 Å². The number of carbonyl (C=O) groups is 1. The molecule has 0 radical (unpaired) electrons. The van der Waals surface area contributed by atoms with E-state index < -0.39 is 5.91 Å². The van der Waals surface area contributed by atoms with Gasteiger partial charge in [-0.25, -0.2) is 5.43 Å². The molecule has 2 aromatic carbocycles. The molecule has 7 heteroatoms. The largest absolute Gasteiger partial charge is 0.507 e. The van der Waals surface area contributed by atoms with Gasteiger partial charge in [0.1, 0.15) is 11.5 Å². The molecule has 1 aliphatic heterocycles. The normalized spacial score (nSPS) is 14.7. The van der Waals surface area contributed by atoms with Crippen molar-refractivity contribution in [2.45, 2.75) is 0 Å². The fourth-order valence-electron chi connectivity index (χ4n) is 2.99. The van der Waals surface area contributed by atoms with Crippen LogP contribution in [0.15, 0.2) is 58.0 Å². The molecule has 0 unspecified atom stereocenters. The Bertz CT molecular complexity index is 990. The van der Waals surface area contributed by atoms with E-state index >= 15 is 0 Å². The fourth-order valence-corrected chi connectivity index (χ4v) is 2.99. The number of fused-ring (bicyclic) bond motifs is 1. The molecule has 4 rings (SSSR count). The van der Waals surface area contributed by atoms with Gasteiger partial charge in [-0.05, 0) is 29.0 Å². The van der Waals surface area contributed by atoms with Gasteiger partial charge in [0.2, 0.25) is 0 Å². The van der Waals surface area contributed by atoms with E-state index in [1.165, 1.54) is 6.21 Å². The zero-order chi connectivity index (χ0) is 18.6. The zero-order valence-electron chi connectivity index (χ0n) is 14.6. The predicted octanol–water partition coefficient (Wildman–Crippen LogP) is 2.74. The average Bonchev–Trinajstić information content (AvgIpc) is 3.17. The lowest BCUT2D eigenvalue weighted by atomic mass is 10.1. The number of phenols is 1. The number of nitrogens with zero attached hydrogens (tertiary/aromatic N) is 2. The summed E-state index contributed by atoms with van der Waals surface area (Å²) in [7, 11) is 0. The van der Waals surface area contributed by atoms with Crippen molar-refractivity contribution in [3.63, 3.8) is 0 Å². The molecule has 2 N–H and O–H groups in total. The number of phenolic OH excluding ortho intramolecular Hbond substituents is 1. The highest BCUT2D eigenvalue weighted by Gasteiger charge is 2.14.